The first-order valence-corrected chi connectivity index (χ1v) is 9.09. The van der Waals surface area contributed by atoms with Crippen molar-refractivity contribution >= 4 is 28.3 Å². The lowest BCUT2D eigenvalue weighted by Gasteiger charge is -2.16. The number of amides is 1. The first-order chi connectivity index (χ1) is 12.0. The maximum absolute atomic E-state index is 12.3. The van der Waals surface area contributed by atoms with Crippen LogP contribution in [0.15, 0.2) is 30.3 Å². The number of nitrogens with one attached hydrogen (secondary N) is 1. The summed E-state index contributed by atoms with van der Waals surface area (Å²) in [4.78, 5) is 29.3. The molecule has 2 unspecified atom stereocenters. The molecule has 1 amide bonds. The van der Waals surface area contributed by atoms with Gasteiger partial charge >= 0.3 is 5.97 Å². The molecule has 2 atom stereocenters. The number of hydrogen-bond acceptors (Lipinski definition) is 6. The van der Waals surface area contributed by atoms with Crippen LogP contribution in [0.4, 0.5) is 5.13 Å². The number of hydrogen-bond donors (Lipinski definition) is 2. The zero-order chi connectivity index (χ0) is 18.4. The van der Waals surface area contributed by atoms with Crippen molar-refractivity contribution in [2.75, 3.05) is 11.9 Å². The zero-order valence-electron chi connectivity index (χ0n) is 14.6. The molecule has 0 saturated heterocycles. The lowest BCUT2D eigenvalue weighted by Crippen LogP contribution is -2.40. The van der Waals surface area contributed by atoms with Crippen LogP contribution in [0.3, 0.4) is 0 Å². The third-order valence-electron chi connectivity index (χ3n) is 3.93. The van der Waals surface area contributed by atoms with Gasteiger partial charge in [0.05, 0.1) is 18.3 Å². The number of nitrogens with two attached hydrogens (primary N) is 1. The van der Waals surface area contributed by atoms with Gasteiger partial charge in [-0.3, -0.25) is 4.79 Å². The summed E-state index contributed by atoms with van der Waals surface area (Å²) in [6, 6.07) is 8.69. The standard InChI is InChI=1S/C18H23N3O3S/c1-4-11(3)13(19)16(22)21-18-20-14(12-9-7-6-8-10-12)15(25-18)17(23)24-5-2/h6-11,13H,4-5,19H2,1-3H3,(H,20,21,22). The lowest BCUT2D eigenvalue weighted by molar-refractivity contribution is -0.118. The smallest absolute Gasteiger partial charge is 0.350 e. The predicted octanol–water partition coefficient (Wildman–Crippen LogP) is 3.30. The van der Waals surface area contributed by atoms with Gasteiger partial charge in [0.15, 0.2) is 5.13 Å². The summed E-state index contributed by atoms with van der Waals surface area (Å²) < 4.78 is 5.11. The van der Waals surface area contributed by atoms with E-state index in [1.807, 2.05) is 44.2 Å². The third-order valence-corrected chi connectivity index (χ3v) is 4.88. The molecule has 134 valence electrons. The molecule has 0 saturated carbocycles. The van der Waals surface area contributed by atoms with Gasteiger partial charge in [-0.15, -0.1) is 0 Å². The van der Waals surface area contributed by atoms with Gasteiger partial charge < -0.3 is 15.8 Å². The zero-order valence-corrected chi connectivity index (χ0v) is 15.4. The number of thiazole rings is 1. The van der Waals surface area contributed by atoms with Crippen LogP contribution in [-0.4, -0.2) is 29.5 Å². The molecule has 0 spiro atoms. The van der Waals surface area contributed by atoms with Gasteiger partial charge in [-0.25, -0.2) is 9.78 Å². The minimum atomic E-state index is -0.625. The highest BCUT2D eigenvalue weighted by Gasteiger charge is 2.24. The van der Waals surface area contributed by atoms with E-state index in [0.717, 1.165) is 23.3 Å². The van der Waals surface area contributed by atoms with Crippen LogP contribution in [0.25, 0.3) is 11.3 Å². The number of benzene rings is 1. The molecule has 1 heterocycles. The largest absolute Gasteiger partial charge is 0.462 e. The first-order valence-electron chi connectivity index (χ1n) is 8.27. The van der Waals surface area contributed by atoms with E-state index in [2.05, 4.69) is 10.3 Å². The molecule has 0 fully saturated rings. The number of esters is 1. The summed E-state index contributed by atoms with van der Waals surface area (Å²) >= 11 is 1.09. The van der Waals surface area contributed by atoms with Crippen molar-refractivity contribution in [3.63, 3.8) is 0 Å². The van der Waals surface area contributed by atoms with Crippen molar-refractivity contribution in [3.05, 3.63) is 35.2 Å². The van der Waals surface area contributed by atoms with E-state index in [9.17, 15) is 9.59 Å². The fourth-order valence-corrected chi connectivity index (χ4v) is 3.09. The molecule has 7 heteroatoms. The predicted molar refractivity (Wildman–Crippen MR) is 99.6 cm³/mol. The number of aromatic nitrogens is 1. The van der Waals surface area contributed by atoms with Gasteiger partial charge in [0.25, 0.3) is 0 Å². The normalized spacial score (nSPS) is 13.1. The molecular formula is C18H23N3O3S. The van der Waals surface area contributed by atoms with E-state index in [-0.39, 0.29) is 18.4 Å². The highest BCUT2D eigenvalue weighted by molar-refractivity contribution is 7.18. The number of anilines is 1. The maximum atomic E-state index is 12.3. The Morgan fingerprint density at radius 2 is 1.96 bits per heavy atom. The van der Waals surface area contributed by atoms with E-state index in [4.69, 9.17) is 10.5 Å². The molecular weight excluding hydrogens is 338 g/mol. The van der Waals surface area contributed by atoms with E-state index < -0.39 is 12.0 Å². The van der Waals surface area contributed by atoms with Crippen LogP contribution in [0.5, 0.6) is 0 Å². The van der Waals surface area contributed by atoms with Crippen LogP contribution < -0.4 is 11.1 Å². The van der Waals surface area contributed by atoms with E-state index in [1.54, 1.807) is 6.92 Å². The topological polar surface area (TPSA) is 94.3 Å². The summed E-state index contributed by atoms with van der Waals surface area (Å²) in [7, 11) is 0. The van der Waals surface area contributed by atoms with Crippen molar-refractivity contribution in [2.24, 2.45) is 11.7 Å². The molecule has 3 N–H and O–H groups in total. The van der Waals surface area contributed by atoms with Gasteiger partial charge in [-0.2, -0.15) is 0 Å². The summed E-state index contributed by atoms with van der Waals surface area (Å²) in [6.07, 6.45) is 0.801. The van der Waals surface area contributed by atoms with Crippen molar-refractivity contribution in [3.8, 4) is 11.3 Å². The number of carbonyl (C=O) groups is 2. The second kappa shape index (κ2) is 8.73. The van der Waals surface area contributed by atoms with Gasteiger partial charge in [0.2, 0.25) is 5.91 Å². The van der Waals surface area contributed by atoms with Crippen molar-refractivity contribution in [1.29, 1.82) is 0 Å². The minimum absolute atomic E-state index is 0.0538. The van der Waals surface area contributed by atoms with Gasteiger partial charge in [0.1, 0.15) is 4.88 Å². The van der Waals surface area contributed by atoms with Gasteiger partial charge in [0, 0.05) is 5.56 Å². The van der Waals surface area contributed by atoms with Gasteiger partial charge in [-0.05, 0) is 12.8 Å². The molecule has 2 aromatic rings. The highest BCUT2D eigenvalue weighted by atomic mass is 32.1. The quantitative estimate of drug-likeness (QED) is 0.738. The molecule has 1 aromatic carbocycles. The fraction of sp³-hybridized carbons (Fsp3) is 0.389. The average molecular weight is 361 g/mol. The Kier molecular flexibility index (Phi) is 6.66. The Balaban J connectivity index is 2.31. The second-order valence-electron chi connectivity index (χ2n) is 5.68. The summed E-state index contributed by atoms with van der Waals surface area (Å²) in [5.74, 6) is -0.707. The Labute approximate surface area is 151 Å². The van der Waals surface area contributed by atoms with E-state index in [1.165, 1.54) is 0 Å². The SMILES string of the molecule is CCOC(=O)c1sc(NC(=O)C(N)C(C)CC)nc1-c1ccccc1. The second-order valence-corrected chi connectivity index (χ2v) is 6.68. The number of nitrogens with zero attached hydrogens (tertiary/aromatic N) is 1. The number of ether oxygens (including phenoxy) is 1. The Morgan fingerprint density at radius 1 is 1.28 bits per heavy atom. The van der Waals surface area contributed by atoms with Crippen LogP contribution in [0.1, 0.15) is 36.9 Å². The Hall–Kier alpha value is -2.25. The first kappa shape index (κ1) is 19.1. The molecule has 2 rings (SSSR count). The molecule has 0 aliphatic carbocycles. The average Bonchev–Trinajstić information content (AvgIpc) is 3.05. The number of rotatable bonds is 7. The van der Waals surface area contributed by atoms with Crippen molar-refractivity contribution in [1.82, 2.24) is 4.98 Å². The summed E-state index contributed by atoms with van der Waals surface area (Å²) in [5, 5.41) is 3.06. The van der Waals surface area contributed by atoms with Gasteiger partial charge in [-0.1, -0.05) is 61.9 Å². The Morgan fingerprint density at radius 3 is 2.56 bits per heavy atom. The maximum Gasteiger partial charge on any atom is 0.350 e. The van der Waals surface area contributed by atoms with Crippen LogP contribution >= 0.6 is 11.3 Å². The minimum Gasteiger partial charge on any atom is -0.462 e. The molecule has 0 radical (unpaired) electrons. The molecule has 0 aliphatic rings. The van der Waals surface area contributed by atoms with Crippen molar-refractivity contribution < 1.29 is 14.3 Å². The highest BCUT2D eigenvalue weighted by Crippen LogP contribution is 2.32. The van der Waals surface area contributed by atoms with Crippen LogP contribution in [0, 0.1) is 5.92 Å². The molecule has 6 nitrogen and oxygen atoms in total. The van der Waals surface area contributed by atoms with E-state index in [0.29, 0.717) is 15.7 Å². The Bertz CT molecular complexity index is 730. The van der Waals surface area contributed by atoms with E-state index >= 15 is 0 Å². The molecule has 0 bridgehead atoms. The summed E-state index contributed by atoms with van der Waals surface area (Å²) in [6.45, 7) is 5.92. The fourth-order valence-electron chi connectivity index (χ4n) is 2.20. The molecule has 25 heavy (non-hydrogen) atoms. The summed E-state index contributed by atoms with van der Waals surface area (Å²) in [5.41, 5.74) is 7.24. The van der Waals surface area contributed by atoms with Crippen molar-refractivity contribution in [2.45, 2.75) is 33.2 Å². The number of carbonyl (C=O) groups excluding carboxylic acids is 2. The molecule has 1 aromatic heterocycles. The lowest BCUT2D eigenvalue weighted by atomic mass is 10.00. The van der Waals surface area contributed by atoms with Crippen LogP contribution in [0.2, 0.25) is 0 Å². The monoisotopic (exact) mass is 361 g/mol. The molecule has 0 aliphatic heterocycles. The van der Waals surface area contributed by atoms with Crippen LogP contribution in [-0.2, 0) is 9.53 Å². The third kappa shape index (κ3) is 4.64.